The lowest BCUT2D eigenvalue weighted by Gasteiger charge is -2.25. The molecule has 164 valence electrons. The van der Waals surface area contributed by atoms with Gasteiger partial charge in [-0.3, -0.25) is 0 Å². The number of phenols is 2. The van der Waals surface area contributed by atoms with Crippen LogP contribution in [0.5, 0.6) is 11.5 Å². The number of carboxylic acid groups (broad SMARTS) is 1. The molecular weight excluding hydrogens is 372 g/mol. The number of aromatic hydroxyl groups is 2. The molecule has 0 aliphatic carbocycles. The van der Waals surface area contributed by atoms with Gasteiger partial charge >= 0.3 is 5.97 Å². The average Bonchev–Trinajstić information content (AvgIpc) is 2.51. The van der Waals surface area contributed by atoms with E-state index in [-0.39, 0.29) is 23.3 Å². The van der Waals surface area contributed by atoms with E-state index in [4.69, 9.17) is 0 Å². The van der Waals surface area contributed by atoms with Gasteiger partial charge in [0, 0.05) is 5.56 Å². The van der Waals surface area contributed by atoms with Crippen LogP contribution in [0.3, 0.4) is 0 Å². The Bertz CT molecular complexity index is 741. The minimum atomic E-state index is -1.23. The lowest BCUT2D eigenvalue weighted by Crippen LogP contribution is -2.26. The Hall–Kier alpha value is -2.05. The van der Waals surface area contributed by atoms with E-state index in [2.05, 4.69) is 0 Å². The van der Waals surface area contributed by atoms with Crippen LogP contribution in [-0.4, -0.2) is 42.7 Å². The third kappa shape index (κ3) is 8.46. The van der Waals surface area contributed by atoms with Gasteiger partial charge in [-0.25, -0.2) is 4.79 Å². The number of aryl methyl sites for hydroxylation is 1. The van der Waals surface area contributed by atoms with Gasteiger partial charge in [-0.15, -0.1) is 0 Å². The summed E-state index contributed by atoms with van der Waals surface area (Å²) in [5, 5.41) is 49.8. The second-order valence-corrected chi connectivity index (χ2v) is 8.99. The van der Waals surface area contributed by atoms with Crippen LogP contribution in [0.2, 0.25) is 0 Å². The Kier molecular flexibility index (Phi) is 8.72. The number of hydrogen-bond acceptors (Lipinski definition) is 5. The number of hydrogen-bond donors (Lipinski definition) is 5. The number of allylic oxidation sites excluding steroid dienone is 2. The summed E-state index contributed by atoms with van der Waals surface area (Å²) in [5.41, 5.74) is -0.146. The van der Waals surface area contributed by atoms with Crippen LogP contribution >= 0.6 is 0 Å². The lowest BCUT2D eigenvalue weighted by atomic mass is 9.89. The van der Waals surface area contributed by atoms with Gasteiger partial charge in [-0.2, -0.15) is 0 Å². The number of aromatic carboxylic acids is 1. The van der Waals surface area contributed by atoms with Crippen LogP contribution in [0, 0.1) is 6.92 Å². The molecule has 1 aromatic rings. The largest absolute Gasteiger partial charge is 0.508 e. The molecule has 0 fully saturated rings. The van der Waals surface area contributed by atoms with Crippen LogP contribution in [0.25, 0.3) is 0 Å². The van der Waals surface area contributed by atoms with E-state index in [1.54, 1.807) is 13.8 Å². The summed E-state index contributed by atoms with van der Waals surface area (Å²) in [6, 6.07) is 1.35. The summed E-state index contributed by atoms with van der Waals surface area (Å²) in [5.74, 6) is -1.74. The number of carboxylic acids is 1. The molecule has 5 N–H and O–H groups in total. The van der Waals surface area contributed by atoms with Crippen molar-refractivity contribution in [2.45, 2.75) is 90.8 Å². The molecule has 0 unspecified atom stereocenters. The highest BCUT2D eigenvalue weighted by atomic mass is 16.4. The molecule has 0 radical (unpaired) electrons. The predicted octanol–water partition coefficient (Wildman–Crippen LogP) is 4.46. The van der Waals surface area contributed by atoms with Crippen LogP contribution in [0.4, 0.5) is 0 Å². The third-order valence-corrected chi connectivity index (χ3v) is 5.24. The SMILES string of the molecule is C/C(=C\Cc1c(O)cc(C)c(C(=O)O)c1O)CCC[C@](C)(O)CCCC(C)(C)O. The maximum absolute atomic E-state index is 11.3. The molecule has 1 aromatic carbocycles. The van der Waals surface area contributed by atoms with Gasteiger partial charge in [-0.1, -0.05) is 11.6 Å². The highest BCUT2D eigenvalue weighted by Gasteiger charge is 2.22. The lowest BCUT2D eigenvalue weighted by molar-refractivity contribution is 0.0226. The van der Waals surface area contributed by atoms with Crippen molar-refractivity contribution < 1.29 is 30.3 Å². The van der Waals surface area contributed by atoms with E-state index in [1.165, 1.54) is 13.0 Å². The normalized spacial score (nSPS) is 14.7. The molecule has 1 atom stereocenters. The molecule has 1 rings (SSSR count). The molecule has 0 saturated carbocycles. The van der Waals surface area contributed by atoms with Gasteiger partial charge in [-0.05, 0) is 91.2 Å². The predicted molar refractivity (Wildman–Crippen MR) is 114 cm³/mol. The van der Waals surface area contributed by atoms with Crippen LogP contribution < -0.4 is 0 Å². The minimum absolute atomic E-state index is 0.121. The summed E-state index contributed by atoms with van der Waals surface area (Å²) < 4.78 is 0. The Balaban J connectivity index is 2.63. The van der Waals surface area contributed by atoms with E-state index < -0.39 is 22.9 Å². The standard InChI is InChI=1S/C23H36O6/c1-15(8-6-12-23(5,29)13-7-11-22(3,4)28)9-10-17-18(24)14-16(2)19(20(17)25)21(26)27/h9,14,24-25,28-29H,6-8,10-13H2,1-5H3,(H,26,27)/b15-9+/t23-/m0/s1. The van der Waals surface area contributed by atoms with Crippen molar-refractivity contribution >= 4 is 5.97 Å². The molecule has 6 nitrogen and oxygen atoms in total. The molecule has 29 heavy (non-hydrogen) atoms. The topological polar surface area (TPSA) is 118 Å². The molecule has 0 saturated heterocycles. The van der Waals surface area contributed by atoms with Gasteiger partial charge < -0.3 is 25.5 Å². The maximum atomic E-state index is 11.3. The highest BCUT2D eigenvalue weighted by molar-refractivity contribution is 5.93. The summed E-state index contributed by atoms with van der Waals surface area (Å²) in [7, 11) is 0. The van der Waals surface area contributed by atoms with Crippen LogP contribution in [0.1, 0.15) is 87.7 Å². The second-order valence-electron chi connectivity index (χ2n) is 8.99. The zero-order valence-corrected chi connectivity index (χ0v) is 18.2. The van der Waals surface area contributed by atoms with Gasteiger partial charge in [0.05, 0.1) is 11.2 Å². The summed E-state index contributed by atoms with van der Waals surface area (Å²) in [6.07, 6.45) is 6.28. The first-order valence-corrected chi connectivity index (χ1v) is 10.1. The molecule has 0 bridgehead atoms. The van der Waals surface area contributed by atoms with E-state index in [0.29, 0.717) is 24.8 Å². The Labute approximate surface area is 173 Å². The van der Waals surface area contributed by atoms with E-state index in [0.717, 1.165) is 24.8 Å². The zero-order valence-electron chi connectivity index (χ0n) is 18.2. The number of phenolic OH excluding ortho intramolecular Hbond substituents is 1. The first-order chi connectivity index (χ1) is 13.2. The number of benzene rings is 1. The number of carbonyl (C=O) groups is 1. The molecule has 0 amide bonds. The van der Waals surface area contributed by atoms with Gasteiger partial charge in [0.25, 0.3) is 0 Å². The molecular formula is C23H36O6. The summed E-state index contributed by atoms with van der Waals surface area (Å²) >= 11 is 0. The molecule has 0 aliphatic heterocycles. The van der Waals surface area contributed by atoms with Crippen LogP contribution in [-0.2, 0) is 6.42 Å². The van der Waals surface area contributed by atoms with Crippen molar-refractivity contribution in [2.75, 3.05) is 0 Å². The van der Waals surface area contributed by atoms with E-state index in [1.807, 2.05) is 19.9 Å². The molecule has 6 heteroatoms. The fourth-order valence-electron chi connectivity index (χ4n) is 3.45. The molecule has 0 heterocycles. The van der Waals surface area contributed by atoms with Gasteiger partial charge in [0.2, 0.25) is 0 Å². The molecule has 0 aliphatic rings. The van der Waals surface area contributed by atoms with Crippen molar-refractivity contribution in [3.63, 3.8) is 0 Å². The monoisotopic (exact) mass is 408 g/mol. The zero-order chi connectivity index (χ0) is 22.4. The van der Waals surface area contributed by atoms with Crippen molar-refractivity contribution in [1.29, 1.82) is 0 Å². The van der Waals surface area contributed by atoms with Gasteiger partial charge in [0.1, 0.15) is 17.1 Å². The van der Waals surface area contributed by atoms with Crippen molar-refractivity contribution in [2.24, 2.45) is 0 Å². The summed E-state index contributed by atoms with van der Waals surface area (Å²) in [4.78, 5) is 11.3. The number of aliphatic hydroxyl groups is 2. The highest BCUT2D eigenvalue weighted by Crippen LogP contribution is 2.34. The Morgan fingerprint density at radius 1 is 1.07 bits per heavy atom. The maximum Gasteiger partial charge on any atom is 0.339 e. The quantitative estimate of drug-likeness (QED) is 0.345. The molecule has 0 aromatic heterocycles. The third-order valence-electron chi connectivity index (χ3n) is 5.24. The Morgan fingerprint density at radius 3 is 2.21 bits per heavy atom. The first kappa shape index (κ1) is 25.0. The Morgan fingerprint density at radius 2 is 1.66 bits per heavy atom. The fourth-order valence-corrected chi connectivity index (χ4v) is 3.45. The van der Waals surface area contributed by atoms with Crippen molar-refractivity contribution in [1.82, 2.24) is 0 Å². The average molecular weight is 409 g/mol. The molecule has 0 spiro atoms. The van der Waals surface area contributed by atoms with Gasteiger partial charge in [0.15, 0.2) is 0 Å². The van der Waals surface area contributed by atoms with Crippen molar-refractivity contribution in [3.8, 4) is 11.5 Å². The second kappa shape index (κ2) is 10.1. The fraction of sp³-hybridized carbons (Fsp3) is 0.609. The van der Waals surface area contributed by atoms with E-state index >= 15 is 0 Å². The van der Waals surface area contributed by atoms with E-state index in [9.17, 15) is 30.3 Å². The van der Waals surface area contributed by atoms with Crippen molar-refractivity contribution in [3.05, 3.63) is 34.4 Å². The summed E-state index contributed by atoms with van der Waals surface area (Å²) in [6.45, 7) is 8.80. The van der Waals surface area contributed by atoms with Crippen LogP contribution in [0.15, 0.2) is 17.7 Å². The minimum Gasteiger partial charge on any atom is -0.508 e. The number of rotatable bonds is 11. The first-order valence-electron chi connectivity index (χ1n) is 10.1. The smallest absolute Gasteiger partial charge is 0.339 e.